The summed E-state index contributed by atoms with van der Waals surface area (Å²) in [5, 5.41) is 11.9. The van der Waals surface area contributed by atoms with E-state index in [2.05, 4.69) is 16.4 Å². The molecule has 0 fully saturated rings. The van der Waals surface area contributed by atoms with Gasteiger partial charge in [0.25, 0.3) is 5.17 Å². The van der Waals surface area contributed by atoms with Gasteiger partial charge in [-0.1, -0.05) is 6.07 Å². The first-order chi connectivity index (χ1) is 9.28. The molecule has 4 nitrogen and oxygen atoms in total. The number of rotatable bonds is 3. The van der Waals surface area contributed by atoms with Gasteiger partial charge in [-0.2, -0.15) is 5.26 Å². The van der Waals surface area contributed by atoms with Gasteiger partial charge < -0.3 is 10.1 Å². The van der Waals surface area contributed by atoms with E-state index in [0.29, 0.717) is 12.2 Å². The SMILES string of the molecule is N#Cc1ccc(NC(=S)OCc2cccnc2)cc1. The highest BCUT2D eigenvalue weighted by Crippen LogP contribution is 2.09. The predicted octanol–water partition coefficient (Wildman–Crippen LogP) is 2.87. The molecule has 1 aromatic carbocycles. The van der Waals surface area contributed by atoms with E-state index in [-0.39, 0.29) is 5.17 Å². The second-order valence-electron chi connectivity index (χ2n) is 3.75. The number of ether oxygens (including phenoxy) is 1. The van der Waals surface area contributed by atoms with Gasteiger partial charge in [-0.15, -0.1) is 0 Å². The first-order valence-corrected chi connectivity index (χ1v) is 6.01. The Balaban J connectivity index is 1.86. The van der Waals surface area contributed by atoms with Crippen LogP contribution in [0, 0.1) is 11.3 Å². The van der Waals surface area contributed by atoms with Crippen LogP contribution in [0.15, 0.2) is 48.8 Å². The third-order valence-electron chi connectivity index (χ3n) is 2.35. The highest BCUT2D eigenvalue weighted by atomic mass is 32.1. The molecular weight excluding hydrogens is 258 g/mol. The maximum absolute atomic E-state index is 8.69. The summed E-state index contributed by atoms with van der Waals surface area (Å²) in [5.41, 5.74) is 2.34. The van der Waals surface area contributed by atoms with Gasteiger partial charge in [0.1, 0.15) is 6.61 Å². The summed E-state index contributed by atoms with van der Waals surface area (Å²) in [7, 11) is 0. The van der Waals surface area contributed by atoms with Crippen molar-refractivity contribution in [3.63, 3.8) is 0 Å². The highest BCUT2D eigenvalue weighted by Gasteiger charge is 2.00. The fourth-order valence-corrected chi connectivity index (χ4v) is 1.59. The molecule has 1 N–H and O–H groups in total. The molecule has 0 atom stereocenters. The van der Waals surface area contributed by atoms with E-state index in [1.165, 1.54) is 0 Å². The van der Waals surface area contributed by atoms with E-state index in [1.54, 1.807) is 36.7 Å². The Hall–Kier alpha value is -2.45. The van der Waals surface area contributed by atoms with Crippen LogP contribution in [0.3, 0.4) is 0 Å². The number of hydrogen-bond donors (Lipinski definition) is 1. The molecular formula is C14H11N3OS. The lowest BCUT2D eigenvalue weighted by molar-refractivity contribution is 0.299. The Kier molecular flexibility index (Phi) is 4.43. The van der Waals surface area contributed by atoms with Crippen molar-refractivity contribution in [1.29, 1.82) is 5.26 Å². The zero-order valence-electron chi connectivity index (χ0n) is 10.0. The lowest BCUT2D eigenvalue weighted by Crippen LogP contribution is -2.13. The van der Waals surface area contributed by atoms with Crippen molar-refractivity contribution >= 4 is 23.1 Å². The third-order valence-corrected chi connectivity index (χ3v) is 2.57. The van der Waals surface area contributed by atoms with Crippen LogP contribution in [0.2, 0.25) is 0 Å². The second kappa shape index (κ2) is 6.47. The standard InChI is InChI=1S/C14H11N3OS/c15-8-11-3-5-13(6-4-11)17-14(19)18-10-12-2-1-7-16-9-12/h1-7,9H,10H2,(H,17,19). The summed E-state index contributed by atoms with van der Waals surface area (Å²) < 4.78 is 5.40. The first kappa shape index (κ1) is 13.0. The van der Waals surface area contributed by atoms with Gasteiger partial charge in [-0.05, 0) is 42.5 Å². The fourth-order valence-electron chi connectivity index (χ4n) is 1.41. The Morgan fingerprint density at radius 3 is 2.74 bits per heavy atom. The maximum atomic E-state index is 8.69. The molecule has 0 unspecified atom stereocenters. The summed E-state index contributed by atoms with van der Waals surface area (Å²) in [6.07, 6.45) is 3.43. The van der Waals surface area contributed by atoms with Gasteiger partial charge >= 0.3 is 0 Å². The van der Waals surface area contributed by atoms with Gasteiger partial charge in [0, 0.05) is 23.6 Å². The average Bonchev–Trinajstić information content (AvgIpc) is 2.47. The van der Waals surface area contributed by atoms with Crippen molar-refractivity contribution in [2.75, 3.05) is 5.32 Å². The summed E-state index contributed by atoms with van der Waals surface area (Å²) in [6.45, 7) is 0.371. The third kappa shape index (κ3) is 4.05. The number of nitrogens with zero attached hydrogens (tertiary/aromatic N) is 2. The minimum Gasteiger partial charge on any atom is -0.466 e. The predicted molar refractivity (Wildman–Crippen MR) is 76.4 cm³/mol. The number of aromatic nitrogens is 1. The summed E-state index contributed by atoms with van der Waals surface area (Å²) in [6, 6.07) is 12.8. The number of nitrogens with one attached hydrogen (secondary N) is 1. The van der Waals surface area contributed by atoms with E-state index >= 15 is 0 Å². The molecule has 2 aromatic rings. The molecule has 5 heteroatoms. The van der Waals surface area contributed by atoms with E-state index in [9.17, 15) is 0 Å². The van der Waals surface area contributed by atoms with Gasteiger partial charge in [0.05, 0.1) is 11.6 Å². The van der Waals surface area contributed by atoms with Crippen molar-refractivity contribution in [3.8, 4) is 6.07 Å². The quantitative estimate of drug-likeness (QED) is 0.868. The molecule has 2 rings (SSSR count). The molecule has 0 bridgehead atoms. The topological polar surface area (TPSA) is 57.9 Å². The first-order valence-electron chi connectivity index (χ1n) is 5.61. The van der Waals surface area contributed by atoms with E-state index in [0.717, 1.165) is 11.3 Å². The van der Waals surface area contributed by atoms with Crippen molar-refractivity contribution in [2.24, 2.45) is 0 Å². The number of nitriles is 1. The molecule has 0 amide bonds. The Morgan fingerprint density at radius 1 is 1.32 bits per heavy atom. The lowest BCUT2D eigenvalue weighted by Gasteiger charge is -2.09. The molecule has 0 aliphatic rings. The van der Waals surface area contributed by atoms with Crippen molar-refractivity contribution in [3.05, 3.63) is 59.9 Å². The Labute approximate surface area is 116 Å². The van der Waals surface area contributed by atoms with Gasteiger partial charge in [-0.3, -0.25) is 4.98 Å². The average molecular weight is 269 g/mol. The number of anilines is 1. The second-order valence-corrected chi connectivity index (χ2v) is 4.12. The lowest BCUT2D eigenvalue weighted by atomic mass is 10.2. The van der Waals surface area contributed by atoms with E-state index in [4.69, 9.17) is 22.2 Å². The molecule has 19 heavy (non-hydrogen) atoms. The molecule has 1 aromatic heterocycles. The van der Waals surface area contributed by atoms with Crippen LogP contribution in [0.25, 0.3) is 0 Å². The van der Waals surface area contributed by atoms with E-state index < -0.39 is 0 Å². The summed E-state index contributed by atoms with van der Waals surface area (Å²) in [4.78, 5) is 3.99. The summed E-state index contributed by atoms with van der Waals surface area (Å²) >= 11 is 5.08. The minimum absolute atomic E-state index is 0.286. The Bertz CT molecular complexity index is 590. The van der Waals surface area contributed by atoms with Crippen LogP contribution in [0.1, 0.15) is 11.1 Å². The molecule has 1 heterocycles. The molecule has 0 saturated heterocycles. The summed E-state index contributed by atoms with van der Waals surface area (Å²) in [5.74, 6) is 0. The van der Waals surface area contributed by atoms with Crippen LogP contribution < -0.4 is 5.32 Å². The van der Waals surface area contributed by atoms with Crippen molar-refractivity contribution in [2.45, 2.75) is 6.61 Å². The van der Waals surface area contributed by atoms with Gasteiger partial charge in [-0.25, -0.2) is 0 Å². The normalized spacial score (nSPS) is 9.42. The van der Waals surface area contributed by atoms with E-state index in [1.807, 2.05) is 12.1 Å². The number of hydrogen-bond acceptors (Lipinski definition) is 4. The molecule has 0 aliphatic carbocycles. The smallest absolute Gasteiger partial charge is 0.261 e. The number of pyridine rings is 1. The molecule has 0 saturated carbocycles. The van der Waals surface area contributed by atoms with Crippen molar-refractivity contribution < 1.29 is 4.74 Å². The molecule has 0 spiro atoms. The van der Waals surface area contributed by atoms with Gasteiger partial charge in [0.2, 0.25) is 0 Å². The number of thiocarbonyl (C=S) groups is 1. The fraction of sp³-hybridized carbons (Fsp3) is 0.0714. The van der Waals surface area contributed by atoms with Crippen molar-refractivity contribution in [1.82, 2.24) is 4.98 Å². The molecule has 0 radical (unpaired) electrons. The zero-order chi connectivity index (χ0) is 13.5. The maximum Gasteiger partial charge on any atom is 0.261 e. The van der Waals surface area contributed by atoms with Crippen LogP contribution in [0.4, 0.5) is 5.69 Å². The van der Waals surface area contributed by atoms with Crippen LogP contribution in [0.5, 0.6) is 0 Å². The minimum atomic E-state index is 0.286. The zero-order valence-corrected chi connectivity index (χ0v) is 10.9. The van der Waals surface area contributed by atoms with Gasteiger partial charge in [0.15, 0.2) is 0 Å². The largest absolute Gasteiger partial charge is 0.466 e. The van der Waals surface area contributed by atoms with Crippen LogP contribution >= 0.6 is 12.2 Å². The Morgan fingerprint density at radius 2 is 2.11 bits per heavy atom. The monoisotopic (exact) mass is 269 g/mol. The van der Waals surface area contributed by atoms with Crippen LogP contribution in [-0.2, 0) is 11.3 Å². The highest BCUT2D eigenvalue weighted by molar-refractivity contribution is 7.80. The number of benzene rings is 1. The molecule has 94 valence electrons. The van der Waals surface area contributed by atoms with Crippen LogP contribution in [-0.4, -0.2) is 10.2 Å². The molecule has 0 aliphatic heterocycles.